The van der Waals surface area contributed by atoms with Gasteiger partial charge in [-0.3, -0.25) is 4.57 Å². The van der Waals surface area contributed by atoms with Crippen molar-refractivity contribution in [1.82, 2.24) is 0 Å². The highest BCUT2D eigenvalue weighted by atomic mass is 31.2. The van der Waals surface area contributed by atoms with Gasteiger partial charge < -0.3 is 13.8 Å². The molecule has 12 heavy (non-hydrogen) atoms. The van der Waals surface area contributed by atoms with Crippen molar-refractivity contribution in [3.63, 3.8) is 0 Å². The number of hydrogen-bond acceptors (Lipinski definition) is 4. The van der Waals surface area contributed by atoms with Gasteiger partial charge >= 0.3 is 7.60 Å². The van der Waals surface area contributed by atoms with Crippen LogP contribution in [0, 0.1) is 0 Å². The fraction of sp³-hybridized carbons (Fsp3) is 0.714. The van der Waals surface area contributed by atoms with Crippen LogP contribution < -0.4 is 0 Å². The first-order chi connectivity index (χ1) is 5.77. The topological polar surface area (TPSA) is 44.8 Å². The monoisotopic (exact) mass is 192 g/mol. The predicted octanol–water partition coefficient (Wildman–Crippen LogP) is 2.12. The molecule has 1 aliphatic rings. The minimum Gasteiger partial charge on any atom is -0.498 e. The van der Waals surface area contributed by atoms with E-state index in [1.807, 2.05) is 6.92 Å². The van der Waals surface area contributed by atoms with E-state index in [9.17, 15) is 4.57 Å². The standard InChI is InChI=1S/C7H13O4P/c1-2-3-10-12(8)7-6-9-4-5-11-12/h6-7H,2-5H2,1H3. The van der Waals surface area contributed by atoms with Crippen molar-refractivity contribution in [2.75, 3.05) is 19.8 Å². The molecule has 1 rings (SSSR count). The molecule has 0 N–H and O–H groups in total. The van der Waals surface area contributed by atoms with E-state index in [2.05, 4.69) is 0 Å². The van der Waals surface area contributed by atoms with Gasteiger partial charge in [-0.25, -0.2) is 0 Å². The second-order valence-electron chi connectivity index (χ2n) is 2.36. The minimum atomic E-state index is -2.98. The van der Waals surface area contributed by atoms with E-state index >= 15 is 0 Å². The maximum absolute atomic E-state index is 11.6. The quantitative estimate of drug-likeness (QED) is 0.642. The lowest BCUT2D eigenvalue weighted by atomic mass is 10.5. The summed E-state index contributed by atoms with van der Waals surface area (Å²) in [5, 5.41) is 0. The summed E-state index contributed by atoms with van der Waals surface area (Å²) in [6.07, 6.45) is 2.20. The van der Waals surface area contributed by atoms with E-state index in [4.69, 9.17) is 13.8 Å². The first-order valence-corrected chi connectivity index (χ1v) is 5.56. The van der Waals surface area contributed by atoms with Crippen molar-refractivity contribution in [3.8, 4) is 0 Å². The average Bonchev–Trinajstić information content (AvgIpc) is 2.27. The molecule has 1 heterocycles. The summed E-state index contributed by atoms with van der Waals surface area (Å²) >= 11 is 0. The van der Waals surface area contributed by atoms with E-state index < -0.39 is 7.60 Å². The summed E-state index contributed by atoms with van der Waals surface area (Å²) in [5.41, 5.74) is 0. The zero-order valence-electron chi connectivity index (χ0n) is 7.06. The zero-order chi connectivity index (χ0) is 8.86. The van der Waals surface area contributed by atoms with Crippen molar-refractivity contribution in [2.24, 2.45) is 0 Å². The third-order valence-corrected chi connectivity index (χ3v) is 2.86. The molecule has 0 spiro atoms. The second-order valence-corrected chi connectivity index (χ2v) is 4.26. The molecule has 0 bridgehead atoms. The lowest BCUT2D eigenvalue weighted by Gasteiger charge is -2.11. The van der Waals surface area contributed by atoms with Gasteiger partial charge in [-0.05, 0) is 6.42 Å². The molecule has 1 unspecified atom stereocenters. The molecule has 0 radical (unpaired) electrons. The van der Waals surface area contributed by atoms with Crippen LogP contribution in [0.15, 0.2) is 12.1 Å². The summed E-state index contributed by atoms with van der Waals surface area (Å²) in [6.45, 7) is 3.13. The third kappa shape index (κ3) is 2.97. The van der Waals surface area contributed by atoms with Crippen LogP contribution in [0.4, 0.5) is 0 Å². The van der Waals surface area contributed by atoms with E-state index in [0.717, 1.165) is 6.42 Å². The Morgan fingerprint density at radius 1 is 1.58 bits per heavy atom. The number of rotatable bonds is 3. The summed E-state index contributed by atoms with van der Waals surface area (Å²) in [4.78, 5) is 0. The van der Waals surface area contributed by atoms with Crippen LogP contribution in [0.2, 0.25) is 0 Å². The van der Waals surface area contributed by atoms with Crippen LogP contribution >= 0.6 is 7.60 Å². The van der Waals surface area contributed by atoms with Crippen molar-refractivity contribution in [2.45, 2.75) is 13.3 Å². The SMILES string of the molecule is CCCOP1(=O)C=COCCO1. The molecule has 0 aromatic carbocycles. The van der Waals surface area contributed by atoms with Gasteiger partial charge in [0.15, 0.2) is 0 Å². The Kier molecular flexibility index (Phi) is 3.79. The molecule has 1 aliphatic heterocycles. The Labute approximate surface area is 72.0 Å². The molecule has 1 atom stereocenters. The molecule has 0 aromatic rings. The summed E-state index contributed by atoms with van der Waals surface area (Å²) < 4.78 is 26.6. The van der Waals surface area contributed by atoms with Gasteiger partial charge in [-0.1, -0.05) is 6.92 Å². The normalized spacial score (nSPS) is 29.4. The highest BCUT2D eigenvalue weighted by Gasteiger charge is 2.21. The highest BCUT2D eigenvalue weighted by Crippen LogP contribution is 2.50. The zero-order valence-corrected chi connectivity index (χ0v) is 7.96. The van der Waals surface area contributed by atoms with Crippen LogP contribution in [-0.2, 0) is 18.3 Å². The summed E-state index contributed by atoms with van der Waals surface area (Å²) in [5.74, 6) is 1.36. The van der Waals surface area contributed by atoms with Gasteiger partial charge in [0.25, 0.3) is 0 Å². The van der Waals surface area contributed by atoms with Gasteiger partial charge in [0.1, 0.15) is 6.61 Å². The van der Waals surface area contributed by atoms with Crippen molar-refractivity contribution in [1.29, 1.82) is 0 Å². The summed E-state index contributed by atoms with van der Waals surface area (Å²) in [7, 11) is -2.98. The Morgan fingerprint density at radius 3 is 3.17 bits per heavy atom. The fourth-order valence-electron chi connectivity index (χ4n) is 0.740. The van der Waals surface area contributed by atoms with E-state index in [1.54, 1.807) is 0 Å². The second kappa shape index (κ2) is 4.65. The Morgan fingerprint density at radius 2 is 2.42 bits per heavy atom. The van der Waals surface area contributed by atoms with Gasteiger partial charge in [0, 0.05) is 0 Å². The average molecular weight is 192 g/mol. The number of hydrogen-bond donors (Lipinski definition) is 0. The van der Waals surface area contributed by atoms with Gasteiger partial charge in [0.2, 0.25) is 0 Å². The molecule has 4 nitrogen and oxygen atoms in total. The van der Waals surface area contributed by atoms with E-state index in [-0.39, 0.29) is 0 Å². The molecular formula is C7H13O4P. The van der Waals surface area contributed by atoms with Gasteiger partial charge in [0.05, 0.1) is 25.3 Å². The van der Waals surface area contributed by atoms with Crippen molar-refractivity contribution in [3.05, 3.63) is 12.1 Å². The first kappa shape index (κ1) is 9.78. The smallest absolute Gasteiger partial charge is 0.357 e. The third-order valence-electron chi connectivity index (χ3n) is 1.29. The molecule has 5 heteroatoms. The molecule has 0 fully saturated rings. The molecule has 0 amide bonds. The molecule has 70 valence electrons. The van der Waals surface area contributed by atoms with Crippen LogP contribution in [0.3, 0.4) is 0 Å². The Bertz CT molecular complexity index is 202. The minimum absolute atomic E-state index is 0.313. The largest absolute Gasteiger partial charge is 0.498 e. The summed E-state index contributed by atoms with van der Waals surface area (Å²) in [6, 6.07) is 0. The molecular weight excluding hydrogens is 179 g/mol. The molecule has 0 aliphatic carbocycles. The first-order valence-electron chi connectivity index (χ1n) is 3.95. The number of ether oxygens (including phenoxy) is 1. The maximum Gasteiger partial charge on any atom is 0.357 e. The van der Waals surface area contributed by atoms with E-state index in [1.165, 1.54) is 12.1 Å². The van der Waals surface area contributed by atoms with E-state index in [0.29, 0.717) is 19.8 Å². The highest BCUT2D eigenvalue weighted by molar-refractivity contribution is 7.57. The lowest BCUT2D eigenvalue weighted by Crippen LogP contribution is -1.98. The lowest BCUT2D eigenvalue weighted by molar-refractivity contribution is 0.164. The van der Waals surface area contributed by atoms with Crippen LogP contribution in [0.1, 0.15) is 13.3 Å². The Hall–Kier alpha value is -0.310. The van der Waals surface area contributed by atoms with Crippen LogP contribution in [0.25, 0.3) is 0 Å². The van der Waals surface area contributed by atoms with Crippen molar-refractivity contribution >= 4 is 7.60 Å². The van der Waals surface area contributed by atoms with Gasteiger partial charge in [-0.2, -0.15) is 0 Å². The van der Waals surface area contributed by atoms with Crippen molar-refractivity contribution < 1.29 is 18.3 Å². The van der Waals surface area contributed by atoms with Crippen LogP contribution in [-0.4, -0.2) is 19.8 Å². The van der Waals surface area contributed by atoms with Crippen LogP contribution in [0.5, 0.6) is 0 Å². The molecule has 0 aromatic heterocycles. The maximum atomic E-state index is 11.6. The van der Waals surface area contributed by atoms with Gasteiger partial charge in [-0.15, -0.1) is 0 Å². The predicted molar refractivity (Wildman–Crippen MR) is 44.9 cm³/mol. The molecule has 0 saturated carbocycles. The Balaban J connectivity index is 2.49. The molecule has 0 saturated heterocycles. The fourth-order valence-corrected chi connectivity index (χ4v) is 1.99.